The van der Waals surface area contributed by atoms with E-state index in [1.807, 2.05) is 44.2 Å². The molecule has 3 rings (SSSR count). The summed E-state index contributed by atoms with van der Waals surface area (Å²) in [6.45, 7) is 6.05. The van der Waals surface area contributed by atoms with E-state index in [-0.39, 0.29) is 23.8 Å². The van der Waals surface area contributed by atoms with Crippen LogP contribution in [0.4, 0.5) is 4.79 Å². The van der Waals surface area contributed by atoms with Gasteiger partial charge in [0.2, 0.25) is 11.8 Å². The van der Waals surface area contributed by atoms with Crippen LogP contribution in [0.5, 0.6) is 0 Å². The molecule has 30 heavy (non-hydrogen) atoms. The second-order valence-electron chi connectivity index (χ2n) is 8.00. The van der Waals surface area contributed by atoms with Crippen LogP contribution in [0.2, 0.25) is 0 Å². The van der Waals surface area contributed by atoms with E-state index in [1.54, 1.807) is 4.90 Å². The highest BCUT2D eigenvalue weighted by Crippen LogP contribution is 2.25. The number of rotatable bonds is 4. The Morgan fingerprint density at radius 1 is 1.27 bits per heavy atom. The van der Waals surface area contributed by atoms with Crippen molar-refractivity contribution in [3.63, 3.8) is 0 Å². The molecular formula is C22H31N5O3. The first-order valence-corrected chi connectivity index (χ1v) is 10.7. The molecule has 1 aromatic carbocycles. The average Bonchev–Trinajstić information content (AvgIpc) is 3.22. The molecule has 1 aromatic heterocycles. The minimum atomic E-state index is -0.151. The first kappa shape index (κ1) is 21.8. The van der Waals surface area contributed by atoms with Crippen molar-refractivity contribution in [2.75, 3.05) is 19.6 Å². The van der Waals surface area contributed by atoms with Crippen molar-refractivity contribution >= 4 is 11.9 Å². The monoisotopic (exact) mass is 413 g/mol. The number of amides is 3. The molecule has 2 aromatic rings. The molecule has 1 unspecified atom stereocenters. The second-order valence-corrected chi connectivity index (χ2v) is 8.00. The number of hydrogen-bond donors (Lipinski definition) is 2. The van der Waals surface area contributed by atoms with Gasteiger partial charge in [-0.15, -0.1) is 0 Å². The molecular weight excluding hydrogens is 382 g/mol. The summed E-state index contributed by atoms with van der Waals surface area (Å²) in [4.78, 5) is 31.1. The Morgan fingerprint density at radius 3 is 2.80 bits per heavy atom. The summed E-state index contributed by atoms with van der Waals surface area (Å²) in [5, 5.41) is 9.96. The number of carbonyl (C=O) groups is 2. The zero-order valence-corrected chi connectivity index (χ0v) is 17.8. The van der Waals surface area contributed by atoms with E-state index < -0.39 is 0 Å². The molecule has 8 nitrogen and oxygen atoms in total. The van der Waals surface area contributed by atoms with Crippen molar-refractivity contribution in [3.8, 4) is 0 Å². The summed E-state index contributed by atoms with van der Waals surface area (Å²) in [6.07, 6.45) is 2.65. The Labute approximate surface area is 177 Å². The van der Waals surface area contributed by atoms with Gasteiger partial charge in [0, 0.05) is 44.4 Å². The van der Waals surface area contributed by atoms with Gasteiger partial charge in [-0.3, -0.25) is 4.79 Å². The molecule has 1 saturated heterocycles. The molecule has 1 aliphatic rings. The zero-order chi connectivity index (χ0) is 21.3. The Balaban J connectivity index is 1.61. The van der Waals surface area contributed by atoms with Gasteiger partial charge in [0.1, 0.15) is 0 Å². The third-order valence-corrected chi connectivity index (χ3v) is 5.30. The summed E-state index contributed by atoms with van der Waals surface area (Å²) in [5.41, 5.74) is 1.04. The van der Waals surface area contributed by atoms with Gasteiger partial charge in [-0.1, -0.05) is 49.3 Å². The predicted octanol–water partition coefficient (Wildman–Crippen LogP) is 3.18. The van der Waals surface area contributed by atoms with Crippen molar-refractivity contribution < 1.29 is 14.1 Å². The Bertz CT molecular complexity index is 821. The lowest BCUT2D eigenvalue weighted by Gasteiger charge is -2.23. The first-order chi connectivity index (χ1) is 14.5. The van der Waals surface area contributed by atoms with E-state index in [9.17, 15) is 9.59 Å². The number of nitrogens with one attached hydrogen (secondary N) is 2. The van der Waals surface area contributed by atoms with Crippen LogP contribution in [0.15, 0.2) is 34.9 Å². The Kier molecular flexibility index (Phi) is 7.82. The lowest BCUT2D eigenvalue weighted by molar-refractivity contribution is -0.121. The number of benzene rings is 1. The van der Waals surface area contributed by atoms with E-state index in [0.29, 0.717) is 44.3 Å². The highest BCUT2D eigenvalue weighted by atomic mass is 16.5. The normalized spacial score (nSPS) is 18.6. The number of hydrogen-bond acceptors (Lipinski definition) is 5. The number of aromatic nitrogens is 2. The van der Waals surface area contributed by atoms with Crippen LogP contribution in [0, 0.1) is 0 Å². The van der Waals surface area contributed by atoms with E-state index in [1.165, 1.54) is 0 Å². The largest absolute Gasteiger partial charge is 0.356 e. The van der Waals surface area contributed by atoms with Crippen molar-refractivity contribution in [1.29, 1.82) is 0 Å². The van der Waals surface area contributed by atoms with E-state index in [4.69, 9.17) is 4.52 Å². The highest BCUT2D eigenvalue weighted by molar-refractivity contribution is 5.78. The van der Waals surface area contributed by atoms with Crippen LogP contribution in [-0.4, -0.2) is 46.6 Å². The molecule has 3 amide bonds. The minimum Gasteiger partial charge on any atom is -0.356 e. The lowest BCUT2D eigenvalue weighted by atomic mass is 9.99. The van der Waals surface area contributed by atoms with Gasteiger partial charge in [0.05, 0.1) is 0 Å². The molecule has 2 N–H and O–H groups in total. The molecule has 0 radical (unpaired) electrons. The molecule has 0 saturated carbocycles. The van der Waals surface area contributed by atoms with Crippen LogP contribution in [-0.2, 0) is 11.3 Å². The summed E-state index contributed by atoms with van der Waals surface area (Å²) >= 11 is 0. The summed E-state index contributed by atoms with van der Waals surface area (Å²) in [7, 11) is 0. The predicted molar refractivity (Wildman–Crippen MR) is 113 cm³/mol. The number of urea groups is 1. The van der Waals surface area contributed by atoms with Gasteiger partial charge in [-0.2, -0.15) is 4.98 Å². The van der Waals surface area contributed by atoms with Crippen molar-refractivity contribution in [2.24, 2.45) is 0 Å². The van der Waals surface area contributed by atoms with Crippen molar-refractivity contribution in [2.45, 2.75) is 57.9 Å². The maximum absolute atomic E-state index is 12.7. The molecule has 0 aliphatic carbocycles. The molecule has 2 heterocycles. The Morgan fingerprint density at radius 2 is 2.07 bits per heavy atom. The number of nitrogens with zero attached hydrogens (tertiary/aromatic N) is 3. The van der Waals surface area contributed by atoms with E-state index in [0.717, 1.165) is 24.8 Å². The maximum Gasteiger partial charge on any atom is 0.317 e. The summed E-state index contributed by atoms with van der Waals surface area (Å²) < 4.78 is 5.49. The molecule has 1 atom stereocenters. The van der Waals surface area contributed by atoms with Crippen LogP contribution < -0.4 is 10.6 Å². The molecule has 1 fully saturated rings. The second kappa shape index (κ2) is 10.8. The fraction of sp³-hybridized carbons (Fsp3) is 0.545. The molecule has 0 bridgehead atoms. The van der Waals surface area contributed by atoms with Gasteiger partial charge in [-0.05, 0) is 24.8 Å². The fourth-order valence-electron chi connectivity index (χ4n) is 3.48. The van der Waals surface area contributed by atoms with Crippen LogP contribution in [0.1, 0.15) is 68.6 Å². The highest BCUT2D eigenvalue weighted by Gasteiger charge is 2.23. The van der Waals surface area contributed by atoms with Crippen LogP contribution in [0.25, 0.3) is 0 Å². The summed E-state index contributed by atoms with van der Waals surface area (Å²) in [6, 6.07) is 9.63. The topological polar surface area (TPSA) is 100 Å². The van der Waals surface area contributed by atoms with Crippen LogP contribution in [0.3, 0.4) is 0 Å². The average molecular weight is 414 g/mol. The van der Waals surface area contributed by atoms with Crippen molar-refractivity contribution in [1.82, 2.24) is 25.7 Å². The SMILES string of the molecule is CC(C)c1noc(C2CCCN(C(=O)NCc3ccccc3)CCC(=O)NCC2)n1. The fourth-order valence-corrected chi connectivity index (χ4v) is 3.48. The molecule has 1 aliphatic heterocycles. The quantitative estimate of drug-likeness (QED) is 0.802. The zero-order valence-electron chi connectivity index (χ0n) is 17.8. The standard InChI is InChI=1S/C22H31N5O3/c1-16(2)20-25-21(30-26-20)18-9-6-13-27(14-11-19(28)23-12-10-18)22(29)24-15-17-7-4-3-5-8-17/h3-5,7-8,16,18H,6,9-15H2,1-2H3,(H,23,28)(H,24,29). The van der Waals surface area contributed by atoms with Gasteiger partial charge < -0.3 is 20.1 Å². The van der Waals surface area contributed by atoms with Gasteiger partial charge in [-0.25, -0.2) is 4.79 Å². The maximum atomic E-state index is 12.7. The third-order valence-electron chi connectivity index (χ3n) is 5.30. The summed E-state index contributed by atoms with van der Waals surface area (Å²) in [5.74, 6) is 1.54. The van der Waals surface area contributed by atoms with Crippen LogP contribution >= 0.6 is 0 Å². The smallest absolute Gasteiger partial charge is 0.317 e. The van der Waals surface area contributed by atoms with Gasteiger partial charge in [0.15, 0.2) is 5.82 Å². The first-order valence-electron chi connectivity index (χ1n) is 10.7. The molecule has 0 spiro atoms. The van der Waals surface area contributed by atoms with E-state index in [2.05, 4.69) is 20.8 Å². The Hall–Kier alpha value is -2.90. The molecule has 162 valence electrons. The lowest BCUT2D eigenvalue weighted by Crippen LogP contribution is -2.42. The van der Waals surface area contributed by atoms with E-state index >= 15 is 0 Å². The van der Waals surface area contributed by atoms with Gasteiger partial charge in [0.25, 0.3) is 0 Å². The van der Waals surface area contributed by atoms with Crippen molar-refractivity contribution in [3.05, 3.63) is 47.6 Å². The minimum absolute atomic E-state index is 0.0510. The van der Waals surface area contributed by atoms with Gasteiger partial charge >= 0.3 is 6.03 Å². The third kappa shape index (κ3) is 6.30. The molecule has 8 heteroatoms. The number of carbonyl (C=O) groups excluding carboxylic acids is 2.